The molecule has 1 aromatic heterocycles. The van der Waals surface area contributed by atoms with E-state index >= 15 is 0 Å². The molecule has 1 amide bonds. The number of hydrogen-bond donors (Lipinski definition) is 2. The number of amides is 1. The number of ether oxygens (including phenoxy) is 3. The Balaban J connectivity index is 1.40. The van der Waals surface area contributed by atoms with Crippen LogP contribution in [-0.2, 0) is 36.8 Å². The van der Waals surface area contributed by atoms with Gasteiger partial charge in [-0.1, -0.05) is 68.4 Å². The van der Waals surface area contributed by atoms with Gasteiger partial charge < -0.3 is 25.3 Å². The summed E-state index contributed by atoms with van der Waals surface area (Å²) >= 11 is 0. The zero-order chi connectivity index (χ0) is 39.2. The molecular formula is C41H59BN6O6. The Morgan fingerprint density at radius 1 is 1.04 bits per heavy atom. The molecule has 13 heteroatoms. The number of nitrogens with zero attached hydrogens (tertiary/aromatic N) is 4. The highest BCUT2D eigenvalue weighted by Crippen LogP contribution is 2.41. The first-order chi connectivity index (χ1) is 25.7. The molecule has 3 N–H and O–H groups in total. The molecule has 5 rings (SSSR count). The quantitative estimate of drug-likeness (QED) is 0.0943. The molecule has 2 aliphatic heterocycles. The van der Waals surface area contributed by atoms with Gasteiger partial charge in [0.2, 0.25) is 0 Å². The van der Waals surface area contributed by atoms with Crippen LogP contribution in [0, 0.1) is 17.8 Å². The molecule has 3 aromatic rings. The number of nitrogens with two attached hydrogens (primary N) is 1. The number of Topliss-reactive ketones (excluding diaryl/α,β-unsaturated/α-hetero) is 1. The maximum Gasteiger partial charge on any atom is 0.410 e. The van der Waals surface area contributed by atoms with E-state index in [2.05, 4.69) is 36.4 Å². The van der Waals surface area contributed by atoms with Crippen LogP contribution in [0.5, 0.6) is 0 Å². The highest BCUT2D eigenvalue weighted by atomic mass is 16.6. The van der Waals surface area contributed by atoms with E-state index in [4.69, 9.17) is 19.9 Å². The molecule has 0 unspecified atom stereocenters. The van der Waals surface area contributed by atoms with E-state index in [0.29, 0.717) is 44.6 Å². The van der Waals surface area contributed by atoms with Gasteiger partial charge in [-0.25, -0.2) is 4.79 Å². The van der Waals surface area contributed by atoms with Crippen LogP contribution in [0.1, 0.15) is 72.8 Å². The smallest absolute Gasteiger partial charge is 0.410 e. The number of nitrogen functional groups attached to an aromatic ring is 1. The molecule has 2 fully saturated rings. The Morgan fingerprint density at radius 2 is 1.76 bits per heavy atom. The van der Waals surface area contributed by atoms with E-state index in [0.717, 1.165) is 23.2 Å². The molecule has 0 radical (unpaired) electrons. The van der Waals surface area contributed by atoms with Gasteiger partial charge in [-0.3, -0.25) is 19.2 Å². The van der Waals surface area contributed by atoms with Gasteiger partial charge >= 0.3 is 12.1 Å². The van der Waals surface area contributed by atoms with E-state index in [1.54, 1.807) is 16.7 Å². The number of rotatable bonds is 10. The van der Waals surface area contributed by atoms with Crippen molar-refractivity contribution in [3.63, 3.8) is 0 Å². The summed E-state index contributed by atoms with van der Waals surface area (Å²) < 4.78 is 20.6. The second-order valence-corrected chi connectivity index (χ2v) is 16.0. The molecule has 2 aromatic carbocycles. The summed E-state index contributed by atoms with van der Waals surface area (Å²) in [6.45, 7) is 13.7. The highest BCUT2D eigenvalue weighted by Gasteiger charge is 2.58. The summed E-state index contributed by atoms with van der Waals surface area (Å²) in [7, 11) is 3.73. The van der Waals surface area contributed by atoms with E-state index in [1.165, 1.54) is 0 Å². The molecule has 0 saturated carbocycles. The van der Waals surface area contributed by atoms with Gasteiger partial charge in [0.25, 0.3) is 0 Å². The molecular weight excluding hydrogens is 683 g/mol. The van der Waals surface area contributed by atoms with Crippen molar-refractivity contribution in [3.8, 4) is 11.3 Å². The fraction of sp³-hybridized carbons (Fsp3) is 0.585. The number of cyclic esters (lactones) is 1. The van der Waals surface area contributed by atoms with Crippen LogP contribution in [-0.4, -0.2) is 95.2 Å². The number of anilines is 1. The first kappa shape index (κ1) is 40.9. The lowest BCUT2D eigenvalue weighted by Gasteiger charge is -2.41. The number of aromatic nitrogens is 3. The zero-order valence-corrected chi connectivity index (χ0v) is 33.3. The second-order valence-electron chi connectivity index (χ2n) is 16.0. The van der Waals surface area contributed by atoms with Gasteiger partial charge in [0.1, 0.15) is 31.3 Å². The molecule has 0 spiro atoms. The minimum Gasteiger partial charge on any atom is -0.457 e. The summed E-state index contributed by atoms with van der Waals surface area (Å²) in [6, 6.07) is 16.4. The maximum absolute atomic E-state index is 14.4. The Labute approximate surface area is 321 Å². The van der Waals surface area contributed by atoms with Crippen molar-refractivity contribution in [2.45, 2.75) is 115 Å². The van der Waals surface area contributed by atoms with Gasteiger partial charge in [-0.15, -0.1) is 5.10 Å². The van der Waals surface area contributed by atoms with Gasteiger partial charge in [0.05, 0.1) is 17.8 Å². The first-order valence-electron chi connectivity index (χ1n) is 19.5. The van der Waals surface area contributed by atoms with E-state index < -0.39 is 47.2 Å². The third-order valence-corrected chi connectivity index (χ3v) is 12.0. The van der Waals surface area contributed by atoms with Crippen molar-refractivity contribution in [3.05, 3.63) is 66.4 Å². The lowest BCUT2D eigenvalue weighted by Crippen LogP contribution is -2.61. The molecule has 3 heterocycles. The van der Waals surface area contributed by atoms with Crippen LogP contribution in [0.25, 0.3) is 11.3 Å². The maximum atomic E-state index is 14.4. The number of hydrogen-bond acceptors (Lipinski definition) is 10. The van der Waals surface area contributed by atoms with Gasteiger partial charge in [-0.2, -0.15) is 0 Å². The molecule has 12 nitrogen and oxygen atoms in total. The van der Waals surface area contributed by atoms with Crippen molar-refractivity contribution in [2.24, 2.45) is 17.8 Å². The number of carbonyl (C=O) groups is 3. The predicted octanol–water partition coefficient (Wildman–Crippen LogP) is 5.12. The SMILES string of the molecule is B[C@@H]1[C@@H](C)C(=O)[C@@H](Cc2ccccc2)C(=O)O[C@H](CC)[C@@]2(C)OC(=O)N(CCCCn3cc(-c4cccc(N)c4)nn3)[C@@H]2[C@@H](C)NC[C@H](C)C[C@@]1(C)OC. The average Bonchev–Trinajstić information content (AvgIpc) is 3.74. The van der Waals surface area contributed by atoms with Crippen molar-refractivity contribution in [2.75, 3.05) is 25.9 Å². The van der Waals surface area contributed by atoms with Crippen LogP contribution in [0.3, 0.4) is 0 Å². The summed E-state index contributed by atoms with van der Waals surface area (Å²) in [6.07, 6.45) is 3.38. The average molecular weight is 743 g/mol. The van der Waals surface area contributed by atoms with Gasteiger partial charge in [0, 0.05) is 43.4 Å². The summed E-state index contributed by atoms with van der Waals surface area (Å²) in [4.78, 5) is 44.4. The Kier molecular flexibility index (Phi) is 13.3. The first-order valence-corrected chi connectivity index (χ1v) is 19.5. The number of unbranched alkanes of at least 4 members (excludes halogenated alkanes) is 1. The molecule has 0 aliphatic carbocycles. The standard InChI is InChI=1S/C41H59BN6O6/c1-8-34-41(6)37(48(39(51)54-41)20-13-12-19-47-25-33(45-46-47)30-17-14-18-31(43)22-30)28(4)44-24-26(2)23-40(5,52-7)36(42)27(3)35(49)32(38(50)53-34)21-29-15-10-9-11-16-29/h9-11,14-18,22,25-28,32,34,36-37,44H,8,12-13,19-21,23-24,42-43H2,1-7H3/t26-,27+,28-,32-,34-,36-,37-,40-,41-/m1/s1. The van der Waals surface area contributed by atoms with Crippen LogP contribution in [0.15, 0.2) is 60.8 Å². The lowest BCUT2D eigenvalue weighted by molar-refractivity contribution is -0.171. The van der Waals surface area contributed by atoms with E-state index in [1.807, 2.05) is 89.4 Å². The van der Waals surface area contributed by atoms with Gasteiger partial charge in [0.15, 0.2) is 5.60 Å². The number of carbonyl (C=O) groups excluding carboxylic acids is 3. The Morgan fingerprint density at radius 3 is 2.44 bits per heavy atom. The minimum absolute atomic E-state index is 0.171. The predicted molar refractivity (Wildman–Crippen MR) is 211 cm³/mol. The van der Waals surface area contributed by atoms with Crippen molar-refractivity contribution < 1.29 is 28.6 Å². The minimum atomic E-state index is -1.18. The molecule has 54 heavy (non-hydrogen) atoms. The number of aryl methyl sites for hydroxylation is 1. The zero-order valence-electron chi connectivity index (χ0n) is 33.3. The molecule has 9 atom stereocenters. The number of ketones is 1. The van der Waals surface area contributed by atoms with Gasteiger partial charge in [-0.05, 0) is 88.9 Å². The number of nitrogens with one attached hydrogen (secondary N) is 1. The van der Waals surface area contributed by atoms with Crippen molar-refractivity contribution in [1.29, 1.82) is 0 Å². The van der Waals surface area contributed by atoms with Crippen molar-refractivity contribution in [1.82, 2.24) is 25.2 Å². The summed E-state index contributed by atoms with van der Waals surface area (Å²) in [5, 5.41) is 12.3. The topological polar surface area (TPSA) is 151 Å². The molecule has 2 aliphatic rings. The summed E-state index contributed by atoms with van der Waals surface area (Å²) in [5.41, 5.74) is 7.33. The van der Waals surface area contributed by atoms with Crippen LogP contribution < -0.4 is 11.1 Å². The number of benzene rings is 2. The van der Waals surface area contributed by atoms with E-state index in [-0.39, 0.29) is 30.0 Å². The molecule has 0 bridgehead atoms. The van der Waals surface area contributed by atoms with Crippen LogP contribution in [0.4, 0.5) is 10.5 Å². The largest absolute Gasteiger partial charge is 0.457 e. The third kappa shape index (κ3) is 9.00. The second kappa shape index (κ2) is 17.5. The third-order valence-electron chi connectivity index (χ3n) is 12.0. The highest BCUT2D eigenvalue weighted by molar-refractivity contribution is 6.15. The number of methoxy groups -OCH3 is 1. The molecule has 292 valence electrons. The monoisotopic (exact) mass is 742 g/mol. The van der Waals surface area contributed by atoms with Crippen molar-refractivity contribution >= 4 is 31.4 Å². The van der Waals surface area contributed by atoms with Crippen LogP contribution in [0.2, 0.25) is 5.82 Å². The Hall–Kier alpha value is -4.23. The number of esters is 1. The Bertz CT molecular complexity index is 1740. The lowest BCUT2D eigenvalue weighted by atomic mass is 9.62. The normalized spacial score (nSPS) is 31.3. The van der Waals surface area contributed by atoms with Crippen LogP contribution >= 0.6 is 0 Å². The number of fused-ring (bicyclic) bond motifs is 1. The van der Waals surface area contributed by atoms with E-state index in [9.17, 15) is 14.4 Å². The summed E-state index contributed by atoms with van der Waals surface area (Å²) in [5.74, 6) is -2.30. The fourth-order valence-electron chi connectivity index (χ4n) is 8.57. The molecule has 2 saturated heterocycles. The fourth-order valence-corrected chi connectivity index (χ4v) is 8.57.